The molecule has 0 saturated carbocycles. The number of carbonyl (C=O) groups excluding carboxylic acids is 1. The van der Waals surface area contributed by atoms with E-state index < -0.39 is 0 Å². The summed E-state index contributed by atoms with van der Waals surface area (Å²) in [4.78, 5) is 12.0. The molecule has 1 amide bonds. The van der Waals surface area contributed by atoms with E-state index in [1.54, 1.807) is 0 Å². The maximum atomic E-state index is 12.0. The molecule has 0 aromatic heterocycles. The number of ether oxygens (including phenoxy) is 2. The summed E-state index contributed by atoms with van der Waals surface area (Å²) in [5.74, 6) is 1.35. The molecule has 2 aromatic carbocycles. The Morgan fingerprint density at radius 2 is 1.96 bits per heavy atom. The van der Waals surface area contributed by atoms with Crippen LogP contribution in [0.1, 0.15) is 25.3 Å². The average molecular weight is 313 g/mol. The monoisotopic (exact) mass is 313 g/mol. The van der Waals surface area contributed by atoms with E-state index in [1.165, 1.54) is 0 Å². The topological polar surface area (TPSA) is 47.6 Å². The maximum Gasteiger partial charge on any atom is 0.224 e. The minimum absolute atomic E-state index is 0.0370. The number of aryl methyl sites for hydroxylation is 1. The van der Waals surface area contributed by atoms with Crippen molar-refractivity contribution in [3.05, 3.63) is 54.1 Å². The molecule has 4 heteroatoms. The second kappa shape index (κ2) is 8.96. The van der Waals surface area contributed by atoms with Crippen LogP contribution in [-0.4, -0.2) is 19.1 Å². The molecule has 0 aliphatic rings. The third-order valence-corrected chi connectivity index (χ3v) is 3.28. The third-order valence-electron chi connectivity index (χ3n) is 3.28. The predicted octanol–water partition coefficient (Wildman–Crippen LogP) is 4.54. The molecule has 1 N–H and O–H groups in total. The van der Waals surface area contributed by atoms with Crippen LogP contribution < -0.4 is 10.1 Å². The molecule has 0 atom stereocenters. The van der Waals surface area contributed by atoms with Gasteiger partial charge >= 0.3 is 0 Å². The summed E-state index contributed by atoms with van der Waals surface area (Å²) in [6.45, 7) is 5.23. The molecule has 23 heavy (non-hydrogen) atoms. The average Bonchev–Trinajstić information content (AvgIpc) is 2.53. The maximum absolute atomic E-state index is 12.0. The molecule has 0 heterocycles. The molecule has 2 aromatic rings. The van der Waals surface area contributed by atoms with Crippen molar-refractivity contribution in [1.82, 2.24) is 0 Å². The number of amides is 1. The first-order chi connectivity index (χ1) is 11.2. The van der Waals surface area contributed by atoms with Gasteiger partial charge in [-0.25, -0.2) is 0 Å². The van der Waals surface area contributed by atoms with Crippen LogP contribution in [0.4, 0.5) is 5.69 Å². The Hall–Kier alpha value is -2.33. The fourth-order valence-electron chi connectivity index (χ4n) is 2.16. The lowest BCUT2D eigenvalue weighted by molar-refractivity contribution is -0.116. The fourth-order valence-corrected chi connectivity index (χ4v) is 2.16. The van der Waals surface area contributed by atoms with Crippen molar-refractivity contribution in [2.45, 2.75) is 26.7 Å². The molecule has 2 rings (SSSR count). The molecule has 0 aliphatic heterocycles. The van der Waals surface area contributed by atoms with Gasteiger partial charge in [0.15, 0.2) is 5.75 Å². The number of carbonyl (C=O) groups is 1. The van der Waals surface area contributed by atoms with Crippen molar-refractivity contribution in [1.29, 1.82) is 0 Å². The van der Waals surface area contributed by atoms with E-state index in [0.717, 1.165) is 11.3 Å². The van der Waals surface area contributed by atoms with Gasteiger partial charge in [-0.05, 0) is 50.1 Å². The highest BCUT2D eigenvalue weighted by atomic mass is 16.5. The first-order valence-electron chi connectivity index (χ1n) is 7.90. The van der Waals surface area contributed by atoms with Crippen molar-refractivity contribution in [2.75, 3.05) is 18.5 Å². The zero-order chi connectivity index (χ0) is 16.5. The number of rotatable bonds is 8. The quantitative estimate of drug-likeness (QED) is 0.728. The van der Waals surface area contributed by atoms with Crippen molar-refractivity contribution < 1.29 is 14.3 Å². The van der Waals surface area contributed by atoms with Gasteiger partial charge in [0.1, 0.15) is 5.75 Å². The predicted molar refractivity (Wildman–Crippen MR) is 92.1 cm³/mol. The summed E-state index contributed by atoms with van der Waals surface area (Å²) >= 11 is 0. The van der Waals surface area contributed by atoms with Crippen LogP contribution in [0.3, 0.4) is 0 Å². The van der Waals surface area contributed by atoms with Crippen LogP contribution in [0.5, 0.6) is 11.5 Å². The van der Waals surface area contributed by atoms with E-state index in [1.807, 2.05) is 62.4 Å². The highest BCUT2D eigenvalue weighted by Gasteiger charge is 2.08. The molecule has 4 nitrogen and oxygen atoms in total. The first kappa shape index (κ1) is 17.0. The lowest BCUT2D eigenvalue weighted by atomic mass is 10.2. The Morgan fingerprint density at radius 1 is 1.13 bits per heavy atom. The normalized spacial score (nSPS) is 10.3. The summed E-state index contributed by atoms with van der Waals surface area (Å²) in [5.41, 5.74) is 1.80. The Labute approximate surface area is 137 Å². The molecular formula is C19H23NO3. The fraction of sp³-hybridized carbons (Fsp3) is 0.316. The van der Waals surface area contributed by atoms with Crippen molar-refractivity contribution in [2.24, 2.45) is 0 Å². The van der Waals surface area contributed by atoms with Gasteiger partial charge in [0.25, 0.3) is 0 Å². The number of hydrogen-bond donors (Lipinski definition) is 1. The Bertz CT molecular complexity index is 640. The molecule has 0 radical (unpaired) electrons. The van der Waals surface area contributed by atoms with Gasteiger partial charge in [-0.1, -0.05) is 24.3 Å². The van der Waals surface area contributed by atoms with Crippen molar-refractivity contribution in [3.8, 4) is 11.5 Å². The molecule has 0 fully saturated rings. The number of para-hydroxylation sites is 2. The van der Waals surface area contributed by atoms with Crippen molar-refractivity contribution in [3.63, 3.8) is 0 Å². The van der Waals surface area contributed by atoms with E-state index >= 15 is 0 Å². The molecule has 0 unspecified atom stereocenters. The molecular weight excluding hydrogens is 290 g/mol. The van der Waals surface area contributed by atoms with E-state index in [9.17, 15) is 4.79 Å². The van der Waals surface area contributed by atoms with Gasteiger partial charge in [-0.3, -0.25) is 4.79 Å². The highest BCUT2D eigenvalue weighted by molar-refractivity contribution is 5.92. The SMILES string of the molecule is CCOCCCC(=O)Nc1ccccc1Oc1cccc(C)c1. The zero-order valence-corrected chi connectivity index (χ0v) is 13.7. The second-order valence-corrected chi connectivity index (χ2v) is 5.26. The van der Waals surface area contributed by atoms with Gasteiger partial charge in [0.2, 0.25) is 5.91 Å². The number of anilines is 1. The largest absolute Gasteiger partial charge is 0.455 e. The second-order valence-electron chi connectivity index (χ2n) is 5.26. The summed E-state index contributed by atoms with van der Waals surface area (Å²) in [5, 5.41) is 2.90. The lowest BCUT2D eigenvalue weighted by Gasteiger charge is -2.12. The van der Waals surface area contributed by atoms with Gasteiger partial charge in [0, 0.05) is 19.6 Å². The number of benzene rings is 2. The van der Waals surface area contributed by atoms with E-state index in [-0.39, 0.29) is 5.91 Å². The summed E-state index contributed by atoms with van der Waals surface area (Å²) in [6, 6.07) is 15.3. The smallest absolute Gasteiger partial charge is 0.224 e. The van der Waals surface area contributed by atoms with Gasteiger partial charge in [0.05, 0.1) is 5.69 Å². The van der Waals surface area contributed by atoms with Gasteiger partial charge in [-0.15, -0.1) is 0 Å². The standard InChI is InChI=1S/C19H23NO3/c1-3-22-13-7-12-19(21)20-17-10-4-5-11-18(17)23-16-9-6-8-15(2)14-16/h4-6,8-11,14H,3,7,12-13H2,1-2H3,(H,20,21). The van der Waals surface area contributed by atoms with Gasteiger partial charge < -0.3 is 14.8 Å². The van der Waals surface area contributed by atoms with Crippen LogP contribution in [-0.2, 0) is 9.53 Å². The van der Waals surface area contributed by atoms with E-state index in [0.29, 0.717) is 37.5 Å². The summed E-state index contributed by atoms with van der Waals surface area (Å²) < 4.78 is 11.1. The Balaban J connectivity index is 1.98. The number of nitrogens with one attached hydrogen (secondary N) is 1. The zero-order valence-electron chi connectivity index (χ0n) is 13.7. The van der Waals surface area contributed by atoms with E-state index in [4.69, 9.17) is 9.47 Å². The van der Waals surface area contributed by atoms with Crippen LogP contribution in [0.15, 0.2) is 48.5 Å². The lowest BCUT2D eigenvalue weighted by Crippen LogP contribution is -2.12. The summed E-state index contributed by atoms with van der Waals surface area (Å²) in [6.07, 6.45) is 1.14. The highest BCUT2D eigenvalue weighted by Crippen LogP contribution is 2.29. The van der Waals surface area contributed by atoms with Gasteiger partial charge in [-0.2, -0.15) is 0 Å². The molecule has 0 spiro atoms. The van der Waals surface area contributed by atoms with Crippen molar-refractivity contribution >= 4 is 11.6 Å². The molecule has 0 saturated heterocycles. The molecule has 0 aliphatic carbocycles. The first-order valence-corrected chi connectivity index (χ1v) is 7.90. The minimum Gasteiger partial charge on any atom is -0.455 e. The summed E-state index contributed by atoms with van der Waals surface area (Å²) in [7, 11) is 0. The minimum atomic E-state index is -0.0370. The third kappa shape index (κ3) is 5.75. The Morgan fingerprint density at radius 3 is 2.74 bits per heavy atom. The van der Waals surface area contributed by atoms with E-state index in [2.05, 4.69) is 5.32 Å². The number of hydrogen-bond acceptors (Lipinski definition) is 3. The van der Waals surface area contributed by atoms with Crippen LogP contribution >= 0.6 is 0 Å². The molecule has 122 valence electrons. The Kier molecular flexibility index (Phi) is 6.63. The van der Waals surface area contributed by atoms with Crippen LogP contribution in [0.25, 0.3) is 0 Å². The van der Waals surface area contributed by atoms with Crippen LogP contribution in [0.2, 0.25) is 0 Å². The molecule has 0 bridgehead atoms. The van der Waals surface area contributed by atoms with Crippen LogP contribution in [0, 0.1) is 6.92 Å².